The third kappa shape index (κ3) is 3.41. The first kappa shape index (κ1) is 13.3. The van der Waals surface area contributed by atoms with Crippen LogP contribution in [0.5, 0.6) is 5.88 Å². The van der Waals surface area contributed by atoms with Gasteiger partial charge in [0.05, 0.1) is 7.11 Å². The number of ether oxygens (including phenoxy) is 1. The SMILES string of the molecule is COc1ncccc1CSc1nnnn1CC(=O)O. The quantitative estimate of drug-likeness (QED) is 0.761. The van der Waals surface area contributed by atoms with E-state index in [0.29, 0.717) is 16.8 Å². The number of aliphatic carboxylic acids is 1. The third-order valence-corrected chi connectivity index (χ3v) is 3.19. The fourth-order valence-electron chi connectivity index (χ4n) is 1.39. The van der Waals surface area contributed by atoms with E-state index in [1.807, 2.05) is 6.07 Å². The molecule has 0 amide bonds. The highest BCUT2D eigenvalue weighted by Crippen LogP contribution is 2.24. The van der Waals surface area contributed by atoms with E-state index in [1.54, 1.807) is 19.4 Å². The Labute approximate surface area is 112 Å². The van der Waals surface area contributed by atoms with Gasteiger partial charge < -0.3 is 9.84 Å². The predicted molar refractivity (Wildman–Crippen MR) is 65.8 cm³/mol. The van der Waals surface area contributed by atoms with Crippen LogP contribution >= 0.6 is 11.8 Å². The maximum absolute atomic E-state index is 10.6. The minimum Gasteiger partial charge on any atom is -0.481 e. The average Bonchev–Trinajstić information content (AvgIpc) is 2.83. The predicted octanol–water partition coefficient (Wildman–Crippen LogP) is 0.454. The van der Waals surface area contributed by atoms with Crippen LogP contribution in [0.2, 0.25) is 0 Å². The fourth-order valence-corrected chi connectivity index (χ4v) is 2.24. The van der Waals surface area contributed by atoms with Gasteiger partial charge in [-0.1, -0.05) is 17.8 Å². The van der Waals surface area contributed by atoms with Gasteiger partial charge in [-0.2, -0.15) is 0 Å². The summed E-state index contributed by atoms with van der Waals surface area (Å²) in [4.78, 5) is 14.7. The molecule has 2 rings (SSSR count). The van der Waals surface area contributed by atoms with Crippen LogP contribution in [0.3, 0.4) is 0 Å². The topological polar surface area (TPSA) is 103 Å². The lowest BCUT2D eigenvalue weighted by atomic mass is 10.3. The van der Waals surface area contributed by atoms with E-state index >= 15 is 0 Å². The number of hydrogen-bond donors (Lipinski definition) is 1. The van der Waals surface area contributed by atoms with Gasteiger partial charge in [-0.3, -0.25) is 4.79 Å². The van der Waals surface area contributed by atoms with Crippen LogP contribution in [0.15, 0.2) is 23.5 Å². The molecular formula is C10H11N5O3S. The van der Waals surface area contributed by atoms with Crippen LogP contribution < -0.4 is 4.74 Å². The van der Waals surface area contributed by atoms with Crippen molar-refractivity contribution in [1.29, 1.82) is 0 Å². The second kappa shape index (κ2) is 6.14. The molecule has 100 valence electrons. The lowest BCUT2D eigenvalue weighted by Gasteiger charge is -2.05. The molecule has 19 heavy (non-hydrogen) atoms. The Morgan fingerprint density at radius 2 is 2.42 bits per heavy atom. The zero-order valence-electron chi connectivity index (χ0n) is 10.1. The van der Waals surface area contributed by atoms with Crippen LogP contribution in [-0.4, -0.2) is 43.4 Å². The van der Waals surface area contributed by atoms with E-state index < -0.39 is 5.97 Å². The van der Waals surface area contributed by atoms with Gasteiger partial charge in [0.15, 0.2) is 0 Å². The Morgan fingerprint density at radius 1 is 1.58 bits per heavy atom. The molecule has 2 heterocycles. The number of aromatic nitrogens is 5. The number of thioether (sulfide) groups is 1. The summed E-state index contributed by atoms with van der Waals surface area (Å²) in [6, 6.07) is 3.68. The number of carbonyl (C=O) groups is 1. The summed E-state index contributed by atoms with van der Waals surface area (Å²) in [5.41, 5.74) is 0.889. The number of carboxylic acid groups (broad SMARTS) is 1. The fraction of sp³-hybridized carbons (Fsp3) is 0.300. The van der Waals surface area contributed by atoms with Crippen LogP contribution in [0.25, 0.3) is 0 Å². The lowest BCUT2D eigenvalue weighted by Crippen LogP contribution is -2.11. The van der Waals surface area contributed by atoms with Crippen LogP contribution in [0.1, 0.15) is 5.56 Å². The zero-order chi connectivity index (χ0) is 13.7. The van der Waals surface area contributed by atoms with Gasteiger partial charge in [0.1, 0.15) is 6.54 Å². The molecule has 2 aromatic rings. The normalized spacial score (nSPS) is 10.4. The highest BCUT2D eigenvalue weighted by molar-refractivity contribution is 7.98. The van der Waals surface area contributed by atoms with E-state index in [2.05, 4.69) is 20.5 Å². The molecule has 0 atom stereocenters. The Morgan fingerprint density at radius 3 is 3.16 bits per heavy atom. The Balaban J connectivity index is 2.06. The van der Waals surface area contributed by atoms with E-state index in [9.17, 15) is 4.79 Å². The monoisotopic (exact) mass is 281 g/mol. The van der Waals surface area contributed by atoms with Crippen molar-refractivity contribution in [2.24, 2.45) is 0 Å². The van der Waals surface area contributed by atoms with Crippen molar-refractivity contribution in [1.82, 2.24) is 25.2 Å². The zero-order valence-corrected chi connectivity index (χ0v) is 10.9. The molecule has 8 nitrogen and oxygen atoms in total. The molecule has 9 heteroatoms. The van der Waals surface area contributed by atoms with Gasteiger partial charge >= 0.3 is 5.97 Å². The summed E-state index contributed by atoms with van der Waals surface area (Å²) in [5.74, 6) is 0.0807. The third-order valence-electron chi connectivity index (χ3n) is 2.18. The summed E-state index contributed by atoms with van der Waals surface area (Å²) in [5, 5.41) is 20.0. The molecule has 0 spiro atoms. The number of methoxy groups -OCH3 is 1. The van der Waals surface area contributed by atoms with Crippen molar-refractivity contribution in [2.45, 2.75) is 17.5 Å². The number of hydrogen-bond acceptors (Lipinski definition) is 7. The second-order valence-electron chi connectivity index (χ2n) is 3.47. The Kier molecular flexibility index (Phi) is 4.29. The summed E-state index contributed by atoms with van der Waals surface area (Å²) in [6.07, 6.45) is 1.64. The largest absolute Gasteiger partial charge is 0.481 e. The molecule has 0 saturated heterocycles. The summed E-state index contributed by atoms with van der Waals surface area (Å²) >= 11 is 1.32. The van der Waals surface area contributed by atoms with Crippen LogP contribution in [-0.2, 0) is 17.1 Å². The molecule has 1 N–H and O–H groups in total. The molecule has 0 aliphatic heterocycles. The molecule has 0 saturated carbocycles. The van der Waals surface area contributed by atoms with Crippen molar-refractivity contribution in [2.75, 3.05) is 7.11 Å². The van der Waals surface area contributed by atoms with Gasteiger partial charge in [0.2, 0.25) is 11.0 Å². The van der Waals surface area contributed by atoms with Gasteiger partial charge in [-0.25, -0.2) is 9.67 Å². The standard InChI is InChI=1S/C10H11N5O3S/c1-18-9-7(3-2-4-11-9)6-19-10-12-13-14-15(10)5-8(16)17/h2-4H,5-6H2,1H3,(H,16,17). The molecule has 0 radical (unpaired) electrons. The molecule has 0 aromatic carbocycles. The number of tetrazole rings is 1. The van der Waals surface area contributed by atoms with Crippen molar-refractivity contribution in [3.05, 3.63) is 23.9 Å². The maximum Gasteiger partial charge on any atom is 0.325 e. The molecular weight excluding hydrogens is 270 g/mol. The molecule has 0 unspecified atom stereocenters. The van der Waals surface area contributed by atoms with Gasteiger partial charge in [-0.05, 0) is 16.5 Å². The molecule has 0 aliphatic carbocycles. The highest BCUT2D eigenvalue weighted by Gasteiger charge is 2.11. The van der Waals surface area contributed by atoms with Gasteiger partial charge in [0, 0.05) is 17.5 Å². The average molecular weight is 281 g/mol. The van der Waals surface area contributed by atoms with Crippen molar-refractivity contribution >= 4 is 17.7 Å². The summed E-state index contributed by atoms with van der Waals surface area (Å²) in [7, 11) is 1.55. The van der Waals surface area contributed by atoms with Crippen LogP contribution in [0.4, 0.5) is 0 Å². The van der Waals surface area contributed by atoms with Crippen molar-refractivity contribution in [3.63, 3.8) is 0 Å². The molecule has 2 aromatic heterocycles. The van der Waals surface area contributed by atoms with E-state index in [4.69, 9.17) is 9.84 Å². The Hall–Kier alpha value is -2.16. The van der Waals surface area contributed by atoms with Crippen molar-refractivity contribution in [3.8, 4) is 5.88 Å². The smallest absolute Gasteiger partial charge is 0.325 e. The molecule has 0 bridgehead atoms. The minimum absolute atomic E-state index is 0.264. The van der Waals surface area contributed by atoms with Crippen molar-refractivity contribution < 1.29 is 14.6 Å². The Bertz CT molecular complexity index is 574. The van der Waals surface area contributed by atoms with E-state index in [1.165, 1.54) is 16.4 Å². The maximum atomic E-state index is 10.6. The number of carboxylic acids is 1. The number of rotatable bonds is 6. The van der Waals surface area contributed by atoms with E-state index in [0.717, 1.165) is 5.56 Å². The highest BCUT2D eigenvalue weighted by atomic mass is 32.2. The number of pyridine rings is 1. The summed E-state index contributed by atoms with van der Waals surface area (Å²) in [6.45, 7) is -0.264. The van der Waals surface area contributed by atoms with Gasteiger partial charge in [0.25, 0.3) is 0 Å². The first-order valence-corrected chi connectivity index (χ1v) is 6.28. The van der Waals surface area contributed by atoms with Crippen LogP contribution in [0, 0.1) is 0 Å². The van der Waals surface area contributed by atoms with E-state index in [-0.39, 0.29) is 6.54 Å². The van der Waals surface area contributed by atoms with Gasteiger partial charge in [-0.15, -0.1) is 5.10 Å². The molecule has 0 aliphatic rings. The summed E-state index contributed by atoms with van der Waals surface area (Å²) < 4.78 is 6.36. The lowest BCUT2D eigenvalue weighted by molar-refractivity contribution is -0.138. The minimum atomic E-state index is -0.992. The number of nitrogens with zero attached hydrogens (tertiary/aromatic N) is 5. The first-order chi connectivity index (χ1) is 9.20. The molecule has 0 fully saturated rings. The first-order valence-electron chi connectivity index (χ1n) is 5.29. The second-order valence-corrected chi connectivity index (χ2v) is 4.42.